The van der Waals surface area contributed by atoms with E-state index in [0.717, 1.165) is 22.8 Å². The van der Waals surface area contributed by atoms with Gasteiger partial charge in [-0.2, -0.15) is 4.31 Å². The quantitative estimate of drug-likeness (QED) is 0.539. The monoisotopic (exact) mass is 457 g/mol. The van der Waals surface area contributed by atoms with E-state index in [1.807, 2.05) is 31.2 Å². The van der Waals surface area contributed by atoms with Crippen LogP contribution in [0, 0.1) is 6.92 Å². The topological polar surface area (TPSA) is 85.1 Å². The molecule has 9 heteroatoms. The molecular weight excluding hydrogens is 430 g/mol. The van der Waals surface area contributed by atoms with E-state index in [0.29, 0.717) is 44.4 Å². The summed E-state index contributed by atoms with van der Waals surface area (Å²) < 4.78 is 43.6. The highest BCUT2D eigenvalue weighted by atomic mass is 32.2. The molecule has 1 saturated heterocycles. The second-order valence-electron chi connectivity index (χ2n) is 7.61. The predicted molar refractivity (Wildman–Crippen MR) is 120 cm³/mol. The lowest BCUT2D eigenvalue weighted by atomic mass is 10.2. The zero-order valence-corrected chi connectivity index (χ0v) is 19.3. The Morgan fingerprint density at radius 2 is 1.47 bits per heavy atom. The maximum Gasteiger partial charge on any atom is 0.243 e. The van der Waals surface area contributed by atoms with Gasteiger partial charge < -0.3 is 13.9 Å². The molecule has 1 aliphatic rings. The summed E-state index contributed by atoms with van der Waals surface area (Å²) in [4.78, 5) is 7.15. The van der Waals surface area contributed by atoms with Crippen molar-refractivity contribution in [1.29, 1.82) is 0 Å². The Labute approximate surface area is 188 Å². The van der Waals surface area contributed by atoms with Gasteiger partial charge in [0.1, 0.15) is 17.3 Å². The average molecular weight is 458 g/mol. The Hall–Kier alpha value is -2.88. The highest BCUT2D eigenvalue weighted by Gasteiger charge is 2.29. The van der Waals surface area contributed by atoms with E-state index in [-0.39, 0.29) is 4.90 Å². The van der Waals surface area contributed by atoms with E-state index in [4.69, 9.17) is 13.9 Å². The minimum atomic E-state index is -3.52. The molecule has 1 fully saturated rings. The van der Waals surface area contributed by atoms with Gasteiger partial charge >= 0.3 is 0 Å². The molecule has 2 aromatic carbocycles. The summed E-state index contributed by atoms with van der Waals surface area (Å²) in [5, 5.41) is 0. The molecule has 3 aromatic rings. The molecule has 1 aliphatic heterocycles. The van der Waals surface area contributed by atoms with E-state index < -0.39 is 10.0 Å². The van der Waals surface area contributed by atoms with Gasteiger partial charge in [0.2, 0.25) is 15.9 Å². The predicted octanol–water partition coefficient (Wildman–Crippen LogP) is 3.17. The van der Waals surface area contributed by atoms with Gasteiger partial charge in [-0.15, -0.1) is 0 Å². The van der Waals surface area contributed by atoms with Crippen LogP contribution in [0.3, 0.4) is 0 Å². The lowest BCUT2D eigenvalue weighted by Gasteiger charge is -2.33. The highest BCUT2D eigenvalue weighted by Crippen LogP contribution is 2.25. The molecular formula is C23H27N3O5S. The van der Waals surface area contributed by atoms with Crippen LogP contribution in [0.15, 0.2) is 57.8 Å². The van der Waals surface area contributed by atoms with Crippen molar-refractivity contribution < 1.29 is 22.3 Å². The molecule has 0 atom stereocenters. The second kappa shape index (κ2) is 9.32. The van der Waals surface area contributed by atoms with Crippen LogP contribution in [0.2, 0.25) is 0 Å². The molecule has 170 valence electrons. The van der Waals surface area contributed by atoms with Crippen LogP contribution in [0.25, 0.3) is 11.5 Å². The standard InChI is InChI=1S/C23H27N3O5S/c1-17-22(24-23(31-17)18-4-6-19(29-2)7-5-18)16-25-12-14-26(15-13-25)32(27,28)21-10-8-20(30-3)9-11-21/h4-11H,12-16H2,1-3H3. The SMILES string of the molecule is COc1ccc(-c2nc(CN3CCN(S(=O)(=O)c4ccc(OC)cc4)CC3)c(C)o2)cc1. The third-order valence-corrected chi connectivity index (χ3v) is 7.54. The number of ether oxygens (including phenoxy) is 2. The van der Waals surface area contributed by atoms with Gasteiger partial charge in [0.05, 0.1) is 24.8 Å². The first-order valence-corrected chi connectivity index (χ1v) is 11.8. The first-order chi connectivity index (χ1) is 15.4. The van der Waals surface area contributed by atoms with Crippen molar-refractivity contribution in [3.05, 3.63) is 60.0 Å². The van der Waals surface area contributed by atoms with Crippen molar-refractivity contribution in [3.63, 3.8) is 0 Å². The zero-order valence-electron chi connectivity index (χ0n) is 18.4. The molecule has 0 spiro atoms. The van der Waals surface area contributed by atoms with Crippen LogP contribution in [0.1, 0.15) is 11.5 Å². The maximum atomic E-state index is 12.9. The van der Waals surface area contributed by atoms with Gasteiger partial charge in [0, 0.05) is 38.3 Å². The Balaban J connectivity index is 1.39. The molecule has 0 bridgehead atoms. The minimum Gasteiger partial charge on any atom is -0.497 e. The number of aryl methyl sites for hydroxylation is 1. The molecule has 0 saturated carbocycles. The molecule has 32 heavy (non-hydrogen) atoms. The summed E-state index contributed by atoms with van der Waals surface area (Å²) in [5.74, 6) is 2.75. The van der Waals surface area contributed by atoms with Gasteiger partial charge in [-0.1, -0.05) is 0 Å². The molecule has 0 radical (unpaired) electrons. The number of sulfonamides is 1. The summed E-state index contributed by atoms with van der Waals surface area (Å²) in [7, 11) is -0.338. The highest BCUT2D eigenvalue weighted by molar-refractivity contribution is 7.89. The van der Waals surface area contributed by atoms with Crippen molar-refractivity contribution in [2.75, 3.05) is 40.4 Å². The third-order valence-electron chi connectivity index (χ3n) is 5.63. The van der Waals surface area contributed by atoms with Crippen molar-refractivity contribution >= 4 is 10.0 Å². The number of hydrogen-bond donors (Lipinski definition) is 0. The lowest BCUT2D eigenvalue weighted by Crippen LogP contribution is -2.48. The molecule has 0 unspecified atom stereocenters. The second-order valence-corrected chi connectivity index (χ2v) is 9.54. The number of oxazole rings is 1. The summed E-state index contributed by atoms with van der Waals surface area (Å²) in [6.45, 7) is 4.62. The Morgan fingerprint density at radius 3 is 2.03 bits per heavy atom. The lowest BCUT2D eigenvalue weighted by molar-refractivity contribution is 0.179. The van der Waals surface area contributed by atoms with Gasteiger partial charge in [0.25, 0.3) is 0 Å². The number of benzene rings is 2. The average Bonchev–Trinajstić information content (AvgIpc) is 3.19. The number of piperazine rings is 1. The fraction of sp³-hybridized carbons (Fsp3) is 0.348. The van der Waals surface area contributed by atoms with Crippen LogP contribution in [0.5, 0.6) is 11.5 Å². The molecule has 0 aliphatic carbocycles. The Kier molecular flexibility index (Phi) is 6.50. The molecule has 0 amide bonds. The minimum absolute atomic E-state index is 0.281. The fourth-order valence-corrected chi connectivity index (χ4v) is 5.09. The first-order valence-electron chi connectivity index (χ1n) is 10.4. The fourth-order valence-electron chi connectivity index (χ4n) is 3.67. The first kappa shape index (κ1) is 22.3. The van der Waals surface area contributed by atoms with Gasteiger partial charge in [-0.25, -0.2) is 13.4 Å². The van der Waals surface area contributed by atoms with E-state index in [2.05, 4.69) is 9.88 Å². The van der Waals surface area contributed by atoms with Gasteiger partial charge in [0.15, 0.2) is 0 Å². The maximum absolute atomic E-state index is 12.9. The number of methoxy groups -OCH3 is 2. The van der Waals surface area contributed by atoms with Crippen LogP contribution in [-0.2, 0) is 16.6 Å². The van der Waals surface area contributed by atoms with Crippen LogP contribution in [-0.4, -0.2) is 63.0 Å². The molecule has 2 heterocycles. The normalized spacial score (nSPS) is 15.6. The van der Waals surface area contributed by atoms with Crippen molar-refractivity contribution in [1.82, 2.24) is 14.2 Å². The van der Waals surface area contributed by atoms with Crippen molar-refractivity contribution in [2.45, 2.75) is 18.4 Å². The van der Waals surface area contributed by atoms with Gasteiger partial charge in [-0.05, 0) is 55.5 Å². The molecule has 8 nitrogen and oxygen atoms in total. The largest absolute Gasteiger partial charge is 0.497 e. The zero-order chi connectivity index (χ0) is 22.7. The Bertz CT molecular complexity index is 1150. The van der Waals surface area contributed by atoms with Crippen molar-refractivity contribution in [2.24, 2.45) is 0 Å². The van der Waals surface area contributed by atoms with E-state index in [9.17, 15) is 8.42 Å². The number of rotatable bonds is 7. The third kappa shape index (κ3) is 4.64. The number of aromatic nitrogens is 1. The van der Waals surface area contributed by atoms with E-state index in [1.165, 1.54) is 4.31 Å². The van der Waals surface area contributed by atoms with Crippen molar-refractivity contribution in [3.8, 4) is 23.0 Å². The van der Waals surface area contributed by atoms with Crippen LogP contribution >= 0.6 is 0 Å². The summed E-state index contributed by atoms with van der Waals surface area (Å²) in [6.07, 6.45) is 0. The van der Waals surface area contributed by atoms with Gasteiger partial charge in [-0.3, -0.25) is 4.90 Å². The summed E-state index contributed by atoms with van der Waals surface area (Å²) >= 11 is 0. The Morgan fingerprint density at radius 1 is 0.906 bits per heavy atom. The summed E-state index contributed by atoms with van der Waals surface area (Å²) in [6, 6.07) is 14.1. The van der Waals surface area contributed by atoms with E-state index >= 15 is 0 Å². The number of nitrogens with zero attached hydrogens (tertiary/aromatic N) is 3. The van der Waals surface area contributed by atoms with E-state index in [1.54, 1.807) is 38.5 Å². The molecule has 0 N–H and O–H groups in total. The van der Waals surface area contributed by atoms with Crippen LogP contribution in [0.4, 0.5) is 0 Å². The molecule has 1 aromatic heterocycles. The summed E-state index contributed by atoms with van der Waals surface area (Å²) in [5.41, 5.74) is 1.75. The van der Waals surface area contributed by atoms with Crippen LogP contribution < -0.4 is 9.47 Å². The molecule has 4 rings (SSSR count). The number of hydrogen-bond acceptors (Lipinski definition) is 7. The smallest absolute Gasteiger partial charge is 0.243 e.